The maximum Gasteiger partial charge on any atom is 0.294 e. The maximum absolute atomic E-state index is 12.8. The molecule has 0 bridgehead atoms. The van der Waals surface area contributed by atoms with E-state index in [4.69, 9.17) is 9.47 Å². The lowest BCUT2D eigenvalue weighted by Gasteiger charge is -2.26. The number of hydrogen-bond donors (Lipinski definition) is 2. The first-order chi connectivity index (χ1) is 16.9. The Balaban J connectivity index is 1.43. The van der Waals surface area contributed by atoms with Crippen LogP contribution in [0.15, 0.2) is 53.5 Å². The maximum atomic E-state index is 12.8. The van der Waals surface area contributed by atoms with Crippen LogP contribution in [0.3, 0.4) is 0 Å². The Morgan fingerprint density at radius 1 is 1.09 bits per heavy atom. The minimum atomic E-state index is -0.323. The molecule has 1 amide bonds. The number of rotatable bonds is 8. The third kappa shape index (κ3) is 6.26. The van der Waals surface area contributed by atoms with Crippen molar-refractivity contribution in [2.45, 2.75) is 13.8 Å². The number of ether oxygens (including phenoxy) is 2. The van der Waals surface area contributed by atoms with Crippen molar-refractivity contribution in [2.24, 2.45) is 7.05 Å². The fourth-order valence-corrected chi connectivity index (χ4v) is 3.72. The molecule has 0 unspecified atom stereocenters. The number of aromatic nitrogens is 2. The largest absolute Gasteiger partial charge is 0.453 e. The first kappa shape index (κ1) is 24.4. The van der Waals surface area contributed by atoms with Gasteiger partial charge in [0.2, 0.25) is 0 Å². The zero-order valence-electron chi connectivity index (χ0n) is 20.3. The number of amides is 1. The first-order valence-electron chi connectivity index (χ1n) is 11.7. The van der Waals surface area contributed by atoms with Gasteiger partial charge in [-0.1, -0.05) is 6.07 Å². The van der Waals surface area contributed by atoms with Gasteiger partial charge in [-0.3, -0.25) is 14.5 Å². The Morgan fingerprint density at radius 2 is 1.83 bits per heavy atom. The molecule has 9 heteroatoms. The zero-order valence-corrected chi connectivity index (χ0v) is 20.3. The molecule has 2 heterocycles. The van der Waals surface area contributed by atoms with Gasteiger partial charge in [-0.05, 0) is 61.4 Å². The predicted octanol–water partition coefficient (Wildman–Crippen LogP) is 3.00. The third-order valence-corrected chi connectivity index (χ3v) is 6.04. The first-order valence-corrected chi connectivity index (χ1v) is 11.7. The molecule has 1 fully saturated rings. The van der Waals surface area contributed by atoms with Crippen molar-refractivity contribution in [1.29, 1.82) is 0 Å². The van der Waals surface area contributed by atoms with Gasteiger partial charge >= 0.3 is 0 Å². The quantitative estimate of drug-likeness (QED) is 0.515. The van der Waals surface area contributed by atoms with Crippen molar-refractivity contribution in [1.82, 2.24) is 20.0 Å². The topological polar surface area (TPSA) is 97.7 Å². The lowest BCUT2D eigenvalue weighted by atomic mass is 10.1. The summed E-state index contributed by atoms with van der Waals surface area (Å²) in [6.07, 6.45) is 1.51. The van der Waals surface area contributed by atoms with Crippen LogP contribution in [0, 0.1) is 13.8 Å². The standard InChI is InChI=1S/C26H31N5O4/c1-18-4-9-22(16-19(18)2)35-23-17-28-30(3)26(33)24(23)29-21-7-5-20(6-8-21)25(32)27-10-11-31-12-14-34-15-13-31/h4-9,16-17,29H,10-15H2,1-3H3,(H,27,32). The zero-order chi connectivity index (χ0) is 24.8. The van der Waals surface area contributed by atoms with Crippen LogP contribution in [0.2, 0.25) is 0 Å². The second-order valence-corrected chi connectivity index (χ2v) is 8.57. The number of hydrogen-bond acceptors (Lipinski definition) is 7. The van der Waals surface area contributed by atoms with Gasteiger partial charge in [0.15, 0.2) is 11.4 Å². The molecule has 2 N–H and O–H groups in total. The van der Waals surface area contributed by atoms with Gasteiger partial charge in [-0.15, -0.1) is 0 Å². The van der Waals surface area contributed by atoms with E-state index in [9.17, 15) is 9.59 Å². The minimum Gasteiger partial charge on any atom is -0.453 e. The molecule has 9 nitrogen and oxygen atoms in total. The molecule has 35 heavy (non-hydrogen) atoms. The normalized spacial score (nSPS) is 13.9. The van der Waals surface area contributed by atoms with E-state index in [-0.39, 0.29) is 17.2 Å². The molecule has 0 radical (unpaired) electrons. The molecule has 1 aliphatic rings. The number of morpholine rings is 1. The Labute approximate surface area is 204 Å². The van der Waals surface area contributed by atoms with E-state index in [1.807, 2.05) is 32.0 Å². The van der Waals surface area contributed by atoms with Gasteiger partial charge in [0, 0.05) is 44.5 Å². The van der Waals surface area contributed by atoms with Crippen LogP contribution in [0.4, 0.5) is 11.4 Å². The molecule has 2 aromatic carbocycles. The number of carbonyl (C=O) groups excluding carboxylic acids is 1. The van der Waals surface area contributed by atoms with Crippen LogP contribution in [0.1, 0.15) is 21.5 Å². The molecule has 0 spiro atoms. The summed E-state index contributed by atoms with van der Waals surface area (Å²) in [6, 6.07) is 12.7. The van der Waals surface area contributed by atoms with Crippen LogP contribution in [-0.4, -0.2) is 60.0 Å². The summed E-state index contributed by atoms with van der Waals surface area (Å²) in [4.78, 5) is 27.6. The molecule has 4 rings (SSSR count). The average molecular weight is 478 g/mol. The number of aryl methyl sites for hydroxylation is 3. The second kappa shape index (κ2) is 11.2. The average Bonchev–Trinajstić information content (AvgIpc) is 2.87. The Hall–Kier alpha value is -3.69. The fraction of sp³-hybridized carbons (Fsp3) is 0.346. The second-order valence-electron chi connectivity index (χ2n) is 8.57. The highest BCUT2D eigenvalue weighted by atomic mass is 16.5. The van der Waals surface area contributed by atoms with E-state index in [0.717, 1.165) is 44.0 Å². The molecular weight excluding hydrogens is 446 g/mol. The van der Waals surface area contributed by atoms with Gasteiger partial charge < -0.3 is 20.1 Å². The number of carbonyl (C=O) groups is 1. The van der Waals surface area contributed by atoms with Gasteiger partial charge in [0.25, 0.3) is 11.5 Å². The summed E-state index contributed by atoms with van der Waals surface area (Å²) in [5, 5.41) is 10.2. The van der Waals surface area contributed by atoms with E-state index in [2.05, 4.69) is 20.6 Å². The molecule has 184 valence electrons. The summed E-state index contributed by atoms with van der Waals surface area (Å²) in [5.74, 6) is 0.806. The van der Waals surface area contributed by atoms with Crippen molar-refractivity contribution < 1.29 is 14.3 Å². The smallest absolute Gasteiger partial charge is 0.294 e. The molecule has 3 aromatic rings. The lowest BCUT2D eigenvalue weighted by molar-refractivity contribution is 0.0383. The summed E-state index contributed by atoms with van der Waals surface area (Å²) >= 11 is 0. The fourth-order valence-electron chi connectivity index (χ4n) is 3.72. The van der Waals surface area contributed by atoms with Gasteiger partial charge in [0.1, 0.15) is 5.75 Å². The molecule has 0 atom stereocenters. The highest BCUT2D eigenvalue weighted by Gasteiger charge is 2.14. The Bertz CT molecular complexity index is 1230. The van der Waals surface area contributed by atoms with Crippen molar-refractivity contribution in [3.8, 4) is 11.5 Å². The Kier molecular flexibility index (Phi) is 7.79. The SMILES string of the molecule is Cc1ccc(Oc2cnn(C)c(=O)c2Nc2ccc(C(=O)NCCN3CCOCC3)cc2)cc1C. The van der Waals surface area contributed by atoms with Gasteiger partial charge in [0.05, 0.1) is 19.4 Å². The summed E-state index contributed by atoms with van der Waals surface area (Å²) in [6.45, 7) is 8.65. The molecule has 0 aliphatic carbocycles. The summed E-state index contributed by atoms with van der Waals surface area (Å²) in [7, 11) is 1.58. The van der Waals surface area contributed by atoms with E-state index < -0.39 is 0 Å². The molecule has 1 aliphatic heterocycles. The van der Waals surface area contributed by atoms with Crippen LogP contribution in [-0.2, 0) is 11.8 Å². The van der Waals surface area contributed by atoms with Crippen molar-refractivity contribution >= 4 is 17.3 Å². The number of nitrogens with one attached hydrogen (secondary N) is 2. The van der Waals surface area contributed by atoms with Crippen LogP contribution < -0.4 is 20.9 Å². The highest BCUT2D eigenvalue weighted by Crippen LogP contribution is 2.29. The number of nitrogens with zero attached hydrogens (tertiary/aromatic N) is 3. The third-order valence-electron chi connectivity index (χ3n) is 6.04. The number of benzene rings is 2. The van der Waals surface area contributed by atoms with E-state index >= 15 is 0 Å². The van der Waals surface area contributed by atoms with E-state index in [1.165, 1.54) is 10.9 Å². The Morgan fingerprint density at radius 3 is 2.54 bits per heavy atom. The van der Waals surface area contributed by atoms with E-state index in [1.54, 1.807) is 31.3 Å². The van der Waals surface area contributed by atoms with Crippen molar-refractivity contribution in [3.63, 3.8) is 0 Å². The molecule has 1 aromatic heterocycles. The van der Waals surface area contributed by atoms with Gasteiger partial charge in [-0.25, -0.2) is 4.68 Å². The van der Waals surface area contributed by atoms with E-state index in [0.29, 0.717) is 29.3 Å². The monoisotopic (exact) mass is 477 g/mol. The van der Waals surface area contributed by atoms with Crippen LogP contribution >= 0.6 is 0 Å². The van der Waals surface area contributed by atoms with Crippen molar-refractivity contribution in [2.75, 3.05) is 44.7 Å². The highest BCUT2D eigenvalue weighted by molar-refractivity contribution is 5.94. The molecular formula is C26H31N5O4. The van der Waals surface area contributed by atoms with Crippen LogP contribution in [0.25, 0.3) is 0 Å². The lowest BCUT2D eigenvalue weighted by Crippen LogP contribution is -2.41. The molecule has 1 saturated heterocycles. The predicted molar refractivity (Wildman–Crippen MR) is 135 cm³/mol. The van der Waals surface area contributed by atoms with Crippen LogP contribution in [0.5, 0.6) is 11.5 Å². The number of anilines is 2. The summed E-state index contributed by atoms with van der Waals surface area (Å²) < 4.78 is 12.6. The van der Waals surface area contributed by atoms with Crippen molar-refractivity contribution in [3.05, 3.63) is 75.7 Å². The van der Waals surface area contributed by atoms with Gasteiger partial charge in [-0.2, -0.15) is 5.10 Å². The molecule has 0 saturated carbocycles. The minimum absolute atomic E-state index is 0.136. The summed E-state index contributed by atoms with van der Waals surface area (Å²) in [5.41, 5.74) is 3.39.